The molecule has 0 aromatic carbocycles. The van der Waals surface area contributed by atoms with Gasteiger partial charge in [0, 0.05) is 12.4 Å². The van der Waals surface area contributed by atoms with E-state index in [1.807, 2.05) is 12.4 Å². The van der Waals surface area contributed by atoms with Gasteiger partial charge in [0.2, 0.25) is 0 Å². The minimum Gasteiger partial charge on any atom is -0.341 e. The number of fused-ring (bicyclic) bond motifs is 1. The van der Waals surface area contributed by atoms with Crippen molar-refractivity contribution < 1.29 is 0 Å². The molecule has 0 atom stereocenters. The number of nitrogens with zero attached hydrogens (tertiary/aromatic N) is 2. The molecule has 0 aromatic rings. The fourth-order valence-corrected chi connectivity index (χ4v) is 1.20. The molecule has 2 heterocycles. The summed E-state index contributed by atoms with van der Waals surface area (Å²) in [6.07, 6.45) is 10.1. The molecule has 0 bridgehead atoms. The lowest BCUT2D eigenvalue weighted by Crippen LogP contribution is -2.22. The molecule has 11 heavy (non-hydrogen) atoms. The van der Waals surface area contributed by atoms with E-state index in [1.165, 1.54) is 11.3 Å². The number of hydrogen-bond donors (Lipinski definition) is 0. The van der Waals surface area contributed by atoms with Crippen LogP contribution in [0.4, 0.5) is 0 Å². The minimum atomic E-state index is 0.895. The molecule has 0 saturated carbocycles. The Morgan fingerprint density at radius 3 is 3.36 bits per heavy atom. The normalized spacial score (nSPS) is 21.0. The average molecular weight is 146 g/mol. The van der Waals surface area contributed by atoms with E-state index in [1.54, 1.807) is 0 Å². The van der Waals surface area contributed by atoms with Gasteiger partial charge in [-0.2, -0.15) is 0 Å². The van der Waals surface area contributed by atoms with Crippen LogP contribution in [0.2, 0.25) is 0 Å². The van der Waals surface area contributed by atoms with Crippen LogP contribution < -0.4 is 0 Å². The van der Waals surface area contributed by atoms with E-state index in [9.17, 15) is 0 Å². The second-order valence-electron chi connectivity index (χ2n) is 2.74. The van der Waals surface area contributed by atoms with Gasteiger partial charge in [-0.25, -0.2) is 0 Å². The Bertz CT molecular complexity index is 282. The van der Waals surface area contributed by atoms with Crippen molar-refractivity contribution >= 4 is 6.21 Å². The van der Waals surface area contributed by atoms with Gasteiger partial charge in [-0.3, -0.25) is 4.99 Å². The van der Waals surface area contributed by atoms with Crippen molar-refractivity contribution in [3.63, 3.8) is 0 Å². The SMILES string of the molecule is CC1=CC2=CN=CCN2C=C1. The molecule has 2 aliphatic rings. The second-order valence-corrected chi connectivity index (χ2v) is 2.74. The highest BCUT2D eigenvalue weighted by Gasteiger charge is 2.08. The Balaban J connectivity index is 2.35. The van der Waals surface area contributed by atoms with Gasteiger partial charge in [0.1, 0.15) is 0 Å². The zero-order valence-electron chi connectivity index (χ0n) is 6.49. The first-order valence-electron chi connectivity index (χ1n) is 3.71. The topological polar surface area (TPSA) is 15.6 Å². The van der Waals surface area contributed by atoms with Crippen LogP contribution in [-0.2, 0) is 0 Å². The summed E-state index contributed by atoms with van der Waals surface area (Å²) in [6.45, 7) is 2.99. The molecule has 0 unspecified atom stereocenters. The molecule has 56 valence electrons. The van der Waals surface area contributed by atoms with Gasteiger partial charge in [-0.05, 0) is 24.6 Å². The lowest BCUT2D eigenvalue weighted by Gasteiger charge is -2.24. The Kier molecular flexibility index (Phi) is 1.39. The molecule has 2 rings (SSSR count). The van der Waals surface area contributed by atoms with Crippen molar-refractivity contribution in [3.8, 4) is 0 Å². The summed E-state index contributed by atoms with van der Waals surface area (Å²) in [4.78, 5) is 6.26. The lowest BCUT2D eigenvalue weighted by atomic mass is 10.1. The van der Waals surface area contributed by atoms with Gasteiger partial charge < -0.3 is 4.90 Å². The first-order valence-corrected chi connectivity index (χ1v) is 3.71. The Hall–Kier alpha value is -1.31. The summed E-state index contributed by atoms with van der Waals surface area (Å²) in [5.41, 5.74) is 2.47. The third kappa shape index (κ3) is 1.11. The summed E-state index contributed by atoms with van der Waals surface area (Å²) in [5, 5.41) is 0. The summed E-state index contributed by atoms with van der Waals surface area (Å²) in [7, 11) is 0. The number of aliphatic imine (C=N–C) groups is 1. The van der Waals surface area contributed by atoms with E-state index in [0.717, 1.165) is 6.54 Å². The third-order valence-corrected chi connectivity index (χ3v) is 1.82. The first-order chi connectivity index (χ1) is 5.36. The molecule has 0 spiro atoms. The maximum Gasteiger partial charge on any atom is 0.0598 e. The molecule has 0 aliphatic carbocycles. The molecule has 2 nitrogen and oxygen atoms in total. The van der Waals surface area contributed by atoms with Crippen LogP contribution in [-0.4, -0.2) is 17.7 Å². The van der Waals surface area contributed by atoms with Gasteiger partial charge in [-0.1, -0.05) is 0 Å². The molecule has 0 aromatic heterocycles. The molecule has 0 fully saturated rings. The Labute approximate surface area is 66.2 Å². The number of hydrogen-bond acceptors (Lipinski definition) is 2. The van der Waals surface area contributed by atoms with E-state index >= 15 is 0 Å². The van der Waals surface area contributed by atoms with E-state index in [0.29, 0.717) is 0 Å². The van der Waals surface area contributed by atoms with Crippen LogP contribution in [0.5, 0.6) is 0 Å². The zero-order valence-corrected chi connectivity index (χ0v) is 6.49. The van der Waals surface area contributed by atoms with Gasteiger partial charge in [0.05, 0.1) is 18.4 Å². The average Bonchev–Trinajstić information content (AvgIpc) is 2.04. The van der Waals surface area contributed by atoms with Crippen molar-refractivity contribution in [1.29, 1.82) is 0 Å². The fourth-order valence-electron chi connectivity index (χ4n) is 1.20. The maximum atomic E-state index is 4.09. The lowest BCUT2D eigenvalue weighted by molar-refractivity contribution is 0.538. The first kappa shape index (κ1) is 6.40. The molecule has 0 amide bonds. The summed E-state index contributed by atoms with van der Waals surface area (Å²) in [5.74, 6) is 0. The highest BCUT2D eigenvalue weighted by Crippen LogP contribution is 2.17. The zero-order chi connectivity index (χ0) is 7.68. The summed E-state index contributed by atoms with van der Waals surface area (Å²) in [6, 6.07) is 0. The standard InChI is InChI=1S/C9H10N2/c1-8-2-4-11-5-3-10-7-9(11)6-8/h2-4,6-7H,5H2,1H3. The van der Waals surface area contributed by atoms with Crippen molar-refractivity contribution in [3.05, 3.63) is 35.8 Å². The van der Waals surface area contributed by atoms with Crippen LogP contribution in [0.3, 0.4) is 0 Å². The molecule has 2 heteroatoms. The van der Waals surface area contributed by atoms with E-state index in [-0.39, 0.29) is 0 Å². The molecule has 0 N–H and O–H groups in total. The predicted octanol–water partition coefficient (Wildman–Crippen LogP) is 1.69. The van der Waals surface area contributed by atoms with Gasteiger partial charge >= 0.3 is 0 Å². The van der Waals surface area contributed by atoms with Crippen molar-refractivity contribution in [1.82, 2.24) is 4.90 Å². The van der Waals surface area contributed by atoms with Crippen LogP contribution in [0.1, 0.15) is 6.92 Å². The van der Waals surface area contributed by atoms with Gasteiger partial charge in [0.15, 0.2) is 0 Å². The van der Waals surface area contributed by atoms with E-state index in [2.05, 4.69) is 35.2 Å². The highest BCUT2D eigenvalue weighted by molar-refractivity contribution is 5.63. The second kappa shape index (κ2) is 2.38. The van der Waals surface area contributed by atoms with Crippen LogP contribution in [0, 0.1) is 0 Å². The largest absolute Gasteiger partial charge is 0.341 e. The molecule has 2 aliphatic heterocycles. The predicted molar refractivity (Wildman–Crippen MR) is 46.2 cm³/mol. The maximum absolute atomic E-state index is 4.09. The van der Waals surface area contributed by atoms with Crippen LogP contribution in [0.15, 0.2) is 40.8 Å². The molecule has 0 saturated heterocycles. The number of allylic oxidation sites excluding steroid dienone is 3. The fraction of sp³-hybridized carbons (Fsp3) is 0.222. The van der Waals surface area contributed by atoms with Crippen molar-refractivity contribution in [2.75, 3.05) is 6.54 Å². The smallest absolute Gasteiger partial charge is 0.0598 e. The molecular weight excluding hydrogens is 136 g/mol. The highest BCUT2D eigenvalue weighted by atomic mass is 15.1. The summed E-state index contributed by atoms with van der Waals surface area (Å²) >= 11 is 0. The van der Waals surface area contributed by atoms with Crippen molar-refractivity contribution in [2.45, 2.75) is 6.92 Å². The molecule has 0 radical (unpaired) electrons. The van der Waals surface area contributed by atoms with Crippen molar-refractivity contribution in [2.24, 2.45) is 4.99 Å². The monoisotopic (exact) mass is 146 g/mol. The van der Waals surface area contributed by atoms with E-state index < -0.39 is 0 Å². The van der Waals surface area contributed by atoms with E-state index in [4.69, 9.17) is 0 Å². The minimum absolute atomic E-state index is 0.895. The molecular formula is C9H10N2. The quantitative estimate of drug-likeness (QED) is 0.507. The van der Waals surface area contributed by atoms with Crippen LogP contribution in [0.25, 0.3) is 0 Å². The van der Waals surface area contributed by atoms with Gasteiger partial charge in [0.25, 0.3) is 0 Å². The summed E-state index contributed by atoms with van der Waals surface area (Å²) < 4.78 is 0. The van der Waals surface area contributed by atoms with Gasteiger partial charge in [-0.15, -0.1) is 0 Å². The Morgan fingerprint density at radius 2 is 2.45 bits per heavy atom. The van der Waals surface area contributed by atoms with Crippen LogP contribution >= 0.6 is 0 Å². The number of rotatable bonds is 0. The third-order valence-electron chi connectivity index (χ3n) is 1.82. The Morgan fingerprint density at radius 1 is 1.55 bits per heavy atom.